The molecule has 0 aliphatic carbocycles. The van der Waals surface area contributed by atoms with Crippen molar-refractivity contribution < 1.29 is 4.74 Å². The molecule has 6 heteroatoms. The van der Waals surface area contributed by atoms with Crippen LogP contribution in [0.2, 0.25) is 0 Å². The van der Waals surface area contributed by atoms with Gasteiger partial charge in [0.2, 0.25) is 11.9 Å². The van der Waals surface area contributed by atoms with E-state index in [1.54, 1.807) is 0 Å². The van der Waals surface area contributed by atoms with Crippen molar-refractivity contribution in [1.82, 2.24) is 15.0 Å². The van der Waals surface area contributed by atoms with Crippen LogP contribution >= 0.6 is 0 Å². The Balaban J connectivity index is 2.85. The molecule has 0 radical (unpaired) electrons. The number of nitrogens with one attached hydrogen (secondary N) is 1. The van der Waals surface area contributed by atoms with Crippen LogP contribution in [-0.4, -0.2) is 28.1 Å². The van der Waals surface area contributed by atoms with Gasteiger partial charge in [-0.1, -0.05) is 20.8 Å². The second-order valence-electron chi connectivity index (χ2n) is 4.74. The Hall–Kier alpha value is -1.59. The van der Waals surface area contributed by atoms with Gasteiger partial charge in [0.1, 0.15) is 0 Å². The SMILES string of the molecule is COc1nc(N)nc(NC(C)C(C)(C)C)n1. The molecule has 0 amide bonds. The quantitative estimate of drug-likeness (QED) is 0.806. The van der Waals surface area contributed by atoms with E-state index < -0.39 is 0 Å². The molecule has 1 rings (SSSR count). The van der Waals surface area contributed by atoms with Gasteiger partial charge in [-0.05, 0) is 12.3 Å². The number of nitrogens with two attached hydrogens (primary N) is 1. The summed E-state index contributed by atoms with van der Waals surface area (Å²) in [5, 5.41) is 3.18. The van der Waals surface area contributed by atoms with E-state index >= 15 is 0 Å². The second kappa shape index (κ2) is 4.51. The van der Waals surface area contributed by atoms with E-state index in [9.17, 15) is 0 Å². The minimum Gasteiger partial charge on any atom is -0.467 e. The summed E-state index contributed by atoms with van der Waals surface area (Å²) in [7, 11) is 1.49. The molecule has 16 heavy (non-hydrogen) atoms. The lowest BCUT2D eigenvalue weighted by atomic mass is 9.88. The molecule has 0 aliphatic rings. The molecule has 0 aliphatic heterocycles. The summed E-state index contributed by atoms with van der Waals surface area (Å²) in [5.41, 5.74) is 5.64. The van der Waals surface area contributed by atoms with Crippen molar-refractivity contribution in [3.05, 3.63) is 0 Å². The van der Waals surface area contributed by atoms with E-state index in [1.807, 2.05) is 0 Å². The van der Waals surface area contributed by atoms with Crippen LogP contribution < -0.4 is 15.8 Å². The van der Waals surface area contributed by atoms with Gasteiger partial charge in [-0.25, -0.2) is 0 Å². The highest BCUT2D eigenvalue weighted by atomic mass is 16.5. The van der Waals surface area contributed by atoms with E-state index in [4.69, 9.17) is 10.5 Å². The van der Waals surface area contributed by atoms with Gasteiger partial charge in [0.15, 0.2) is 0 Å². The summed E-state index contributed by atoms with van der Waals surface area (Å²) < 4.78 is 4.92. The minimum atomic E-state index is 0.106. The summed E-state index contributed by atoms with van der Waals surface area (Å²) in [4.78, 5) is 11.9. The fourth-order valence-corrected chi connectivity index (χ4v) is 0.938. The van der Waals surface area contributed by atoms with Gasteiger partial charge in [0, 0.05) is 6.04 Å². The Morgan fingerprint density at radius 1 is 1.25 bits per heavy atom. The second-order valence-corrected chi connectivity index (χ2v) is 4.74. The molecule has 0 aromatic carbocycles. The normalized spacial score (nSPS) is 13.3. The van der Waals surface area contributed by atoms with Crippen LogP contribution in [0.15, 0.2) is 0 Å². The van der Waals surface area contributed by atoms with Gasteiger partial charge in [0.05, 0.1) is 7.11 Å². The van der Waals surface area contributed by atoms with Crippen molar-refractivity contribution in [1.29, 1.82) is 0 Å². The van der Waals surface area contributed by atoms with Crippen molar-refractivity contribution in [3.8, 4) is 6.01 Å². The average Bonchev–Trinajstić information content (AvgIpc) is 2.15. The monoisotopic (exact) mass is 225 g/mol. The number of rotatable bonds is 3. The molecule has 1 aromatic heterocycles. The first-order valence-electron chi connectivity index (χ1n) is 5.15. The molecule has 90 valence electrons. The molecule has 6 nitrogen and oxygen atoms in total. The lowest BCUT2D eigenvalue weighted by Gasteiger charge is -2.27. The first-order valence-corrected chi connectivity index (χ1v) is 5.15. The summed E-state index contributed by atoms with van der Waals surface area (Å²) in [6.07, 6.45) is 0. The number of anilines is 2. The molecular formula is C10H19N5O. The number of nitrogens with zero attached hydrogens (tertiary/aromatic N) is 3. The number of aromatic nitrogens is 3. The van der Waals surface area contributed by atoms with Crippen molar-refractivity contribution in [2.24, 2.45) is 5.41 Å². The van der Waals surface area contributed by atoms with Crippen molar-refractivity contribution >= 4 is 11.9 Å². The van der Waals surface area contributed by atoms with Crippen molar-refractivity contribution in [2.45, 2.75) is 33.7 Å². The Morgan fingerprint density at radius 3 is 2.38 bits per heavy atom. The summed E-state index contributed by atoms with van der Waals surface area (Å²) in [6.45, 7) is 8.46. The van der Waals surface area contributed by atoms with Crippen LogP contribution in [0.3, 0.4) is 0 Å². The third kappa shape index (κ3) is 3.22. The zero-order chi connectivity index (χ0) is 12.3. The Bertz CT molecular complexity index is 361. The summed E-state index contributed by atoms with van der Waals surface area (Å²) >= 11 is 0. The Labute approximate surface area is 95.6 Å². The largest absolute Gasteiger partial charge is 0.467 e. The van der Waals surface area contributed by atoms with Crippen LogP contribution in [0.4, 0.5) is 11.9 Å². The van der Waals surface area contributed by atoms with E-state index in [0.717, 1.165) is 0 Å². The Kier molecular flexibility index (Phi) is 3.51. The standard InChI is InChI=1S/C10H19N5O/c1-6(10(2,3)4)12-8-13-7(11)14-9(15-8)16-5/h6H,1-5H3,(H3,11,12,13,14,15). The first kappa shape index (κ1) is 12.5. The lowest BCUT2D eigenvalue weighted by molar-refractivity contribution is 0.355. The molecule has 0 bridgehead atoms. The van der Waals surface area contributed by atoms with Crippen molar-refractivity contribution in [3.63, 3.8) is 0 Å². The van der Waals surface area contributed by atoms with E-state index in [-0.39, 0.29) is 23.4 Å². The third-order valence-corrected chi connectivity index (χ3v) is 2.46. The van der Waals surface area contributed by atoms with E-state index in [0.29, 0.717) is 5.95 Å². The van der Waals surface area contributed by atoms with E-state index in [2.05, 4.69) is 48.0 Å². The topological polar surface area (TPSA) is 86.0 Å². The molecule has 1 aromatic rings. The van der Waals surface area contributed by atoms with E-state index in [1.165, 1.54) is 7.11 Å². The molecule has 3 N–H and O–H groups in total. The molecule has 0 spiro atoms. The van der Waals surface area contributed by atoms with Crippen LogP contribution in [0.25, 0.3) is 0 Å². The minimum absolute atomic E-state index is 0.106. The fraction of sp³-hybridized carbons (Fsp3) is 0.700. The predicted octanol–water partition coefficient (Wildman–Crippen LogP) is 1.31. The number of nitrogen functional groups attached to an aromatic ring is 1. The molecule has 0 fully saturated rings. The van der Waals surface area contributed by atoms with Gasteiger partial charge in [-0.3, -0.25) is 0 Å². The highest BCUT2D eigenvalue weighted by Crippen LogP contribution is 2.21. The lowest BCUT2D eigenvalue weighted by Crippen LogP contribution is -2.31. The fourth-order valence-electron chi connectivity index (χ4n) is 0.938. The maximum atomic E-state index is 5.54. The molecule has 1 atom stereocenters. The number of methoxy groups -OCH3 is 1. The first-order chi connectivity index (χ1) is 7.32. The van der Waals surface area contributed by atoms with Gasteiger partial charge in [-0.2, -0.15) is 15.0 Å². The number of hydrogen-bond donors (Lipinski definition) is 2. The van der Waals surface area contributed by atoms with Crippen LogP contribution in [0.1, 0.15) is 27.7 Å². The van der Waals surface area contributed by atoms with Gasteiger partial charge >= 0.3 is 6.01 Å². The molecule has 1 unspecified atom stereocenters. The molecule has 0 saturated carbocycles. The molecular weight excluding hydrogens is 206 g/mol. The third-order valence-electron chi connectivity index (χ3n) is 2.46. The average molecular weight is 225 g/mol. The summed E-state index contributed by atoms with van der Waals surface area (Å²) in [6, 6.07) is 0.426. The number of ether oxygens (including phenoxy) is 1. The Morgan fingerprint density at radius 2 is 1.88 bits per heavy atom. The summed E-state index contributed by atoms with van der Waals surface area (Å²) in [5.74, 6) is 0.585. The predicted molar refractivity (Wildman–Crippen MR) is 63.3 cm³/mol. The highest BCUT2D eigenvalue weighted by molar-refractivity contribution is 5.33. The van der Waals surface area contributed by atoms with Gasteiger partial charge < -0.3 is 15.8 Å². The maximum absolute atomic E-state index is 5.54. The van der Waals surface area contributed by atoms with Crippen LogP contribution in [0.5, 0.6) is 6.01 Å². The highest BCUT2D eigenvalue weighted by Gasteiger charge is 2.21. The smallest absolute Gasteiger partial charge is 0.322 e. The molecule has 1 heterocycles. The zero-order valence-corrected chi connectivity index (χ0v) is 10.4. The van der Waals surface area contributed by atoms with Crippen LogP contribution in [-0.2, 0) is 0 Å². The van der Waals surface area contributed by atoms with Gasteiger partial charge in [0.25, 0.3) is 0 Å². The number of hydrogen-bond acceptors (Lipinski definition) is 6. The molecule has 0 saturated heterocycles. The zero-order valence-electron chi connectivity index (χ0n) is 10.4. The maximum Gasteiger partial charge on any atom is 0.322 e. The van der Waals surface area contributed by atoms with Crippen molar-refractivity contribution in [2.75, 3.05) is 18.2 Å². The van der Waals surface area contributed by atoms with Crippen LogP contribution in [0, 0.1) is 5.41 Å². The van der Waals surface area contributed by atoms with Gasteiger partial charge in [-0.15, -0.1) is 0 Å².